The SMILES string of the molecule is COc1cc(-c2cc(-c3ccccc3)nc(S[C@@H](C)C(=O)Nc3ccccc3C)c2C#N)ccc1OCc1ccccc1. The third-order valence-electron chi connectivity index (χ3n) is 6.94. The van der Waals surface area contributed by atoms with Crippen molar-refractivity contribution in [3.8, 4) is 40.0 Å². The highest BCUT2D eigenvalue weighted by Crippen LogP contribution is 2.39. The third kappa shape index (κ3) is 7.06. The van der Waals surface area contributed by atoms with E-state index < -0.39 is 5.25 Å². The van der Waals surface area contributed by atoms with Crippen molar-refractivity contribution in [3.63, 3.8) is 0 Å². The van der Waals surface area contributed by atoms with Gasteiger partial charge in [0, 0.05) is 16.8 Å². The molecule has 0 aliphatic rings. The lowest BCUT2D eigenvalue weighted by atomic mass is 9.99. The number of nitrogens with one attached hydrogen (secondary N) is 1. The van der Waals surface area contributed by atoms with Gasteiger partial charge in [0.05, 0.1) is 23.6 Å². The highest BCUT2D eigenvalue weighted by Gasteiger charge is 2.22. The molecule has 0 aliphatic heterocycles. The number of ether oxygens (including phenoxy) is 2. The molecular weight excluding hydrogens is 554 g/mol. The lowest BCUT2D eigenvalue weighted by molar-refractivity contribution is -0.115. The van der Waals surface area contributed by atoms with Gasteiger partial charge in [0.15, 0.2) is 11.5 Å². The van der Waals surface area contributed by atoms with Gasteiger partial charge in [-0.05, 0) is 54.8 Å². The molecule has 0 saturated carbocycles. The molecule has 7 heteroatoms. The summed E-state index contributed by atoms with van der Waals surface area (Å²) in [7, 11) is 1.59. The minimum Gasteiger partial charge on any atom is -0.493 e. The fraction of sp³-hybridized carbons (Fsp3) is 0.139. The normalized spacial score (nSPS) is 11.3. The van der Waals surface area contributed by atoms with Crippen molar-refractivity contribution in [3.05, 3.63) is 126 Å². The number of carbonyl (C=O) groups excluding carboxylic acids is 1. The Balaban J connectivity index is 1.51. The van der Waals surface area contributed by atoms with Crippen LogP contribution in [-0.2, 0) is 11.4 Å². The molecule has 0 aliphatic carbocycles. The molecule has 1 N–H and O–H groups in total. The molecule has 6 nitrogen and oxygen atoms in total. The number of methoxy groups -OCH3 is 1. The number of hydrogen-bond donors (Lipinski definition) is 1. The predicted octanol–water partition coefficient (Wildman–Crippen LogP) is 8.30. The van der Waals surface area contributed by atoms with E-state index in [1.165, 1.54) is 11.8 Å². The van der Waals surface area contributed by atoms with Crippen molar-refractivity contribution >= 4 is 23.4 Å². The molecule has 5 rings (SSSR count). The number of carbonyl (C=O) groups is 1. The Labute approximate surface area is 256 Å². The number of benzene rings is 4. The Morgan fingerprint density at radius 3 is 2.30 bits per heavy atom. The summed E-state index contributed by atoms with van der Waals surface area (Å²) in [5.74, 6) is 0.982. The Morgan fingerprint density at radius 1 is 0.907 bits per heavy atom. The first kappa shape index (κ1) is 29.4. The Kier molecular flexibility index (Phi) is 9.40. The van der Waals surface area contributed by atoms with E-state index in [1.807, 2.05) is 123 Å². The lowest BCUT2D eigenvalue weighted by Crippen LogP contribution is -2.23. The third-order valence-corrected chi connectivity index (χ3v) is 8.03. The molecule has 0 spiro atoms. The number of pyridine rings is 1. The smallest absolute Gasteiger partial charge is 0.237 e. The van der Waals surface area contributed by atoms with Gasteiger partial charge >= 0.3 is 0 Å². The van der Waals surface area contributed by atoms with Gasteiger partial charge < -0.3 is 14.8 Å². The first-order valence-corrected chi connectivity index (χ1v) is 14.7. The molecule has 1 aromatic heterocycles. The van der Waals surface area contributed by atoms with Crippen LogP contribution >= 0.6 is 11.8 Å². The number of anilines is 1. The van der Waals surface area contributed by atoms with Crippen LogP contribution < -0.4 is 14.8 Å². The van der Waals surface area contributed by atoms with Crippen LogP contribution in [-0.4, -0.2) is 23.3 Å². The summed E-state index contributed by atoms with van der Waals surface area (Å²) in [6.07, 6.45) is 0. The van der Waals surface area contributed by atoms with Gasteiger partial charge in [0.25, 0.3) is 0 Å². The highest BCUT2D eigenvalue weighted by molar-refractivity contribution is 8.00. The van der Waals surface area contributed by atoms with Gasteiger partial charge in [-0.25, -0.2) is 4.98 Å². The highest BCUT2D eigenvalue weighted by atomic mass is 32.2. The second-order valence-corrected chi connectivity index (χ2v) is 11.2. The number of aryl methyl sites for hydroxylation is 1. The van der Waals surface area contributed by atoms with Gasteiger partial charge in [-0.1, -0.05) is 96.7 Å². The van der Waals surface area contributed by atoms with Crippen molar-refractivity contribution < 1.29 is 14.3 Å². The van der Waals surface area contributed by atoms with Crippen LogP contribution in [0.3, 0.4) is 0 Å². The number of thioether (sulfide) groups is 1. The van der Waals surface area contributed by atoms with E-state index in [0.29, 0.717) is 40.0 Å². The van der Waals surface area contributed by atoms with Crippen molar-refractivity contribution in [1.29, 1.82) is 5.26 Å². The van der Waals surface area contributed by atoms with E-state index in [9.17, 15) is 10.1 Å². The number of aromatic nitrogens is 1. The second kappa shape index (κ2) is 13.7. The zero-order valence-corrected chi connectivity index (χ0v) is 25.0. The lowest BCUT2D eigenvalue weighted by Gasteiger charge is -2.17. The summed E-state index contributed by atoms with van der Waals surface area (Å²) < 4.78 is 11.8. The largest absolute Gasteiger partial charge is 0.493 e. The maximum absolute atomic E-state index is 13.2. The fourth-order valence-corrected chi connectivity index (χ4v) is 5.48. The molecule has 214 valence electrons. The van der Waals surface area contributed by atoms with Gasteiger partial charge in [0.2, 0.25) is 5.91 Å². The number of hydrogen-bond acceptors (Lipinski definition) is 6. The summed E-state index contributed by atoms with van der Waals surface area (Å²) in [4.78, 5) is 18.1. The summed E-state index contributed by atoms with van der Waals surface area (Å²) in [6.45, 7) is 4.17. The molecular formula is C36H31N3O3S. The van der Waals surface area contributed by atoms with Crippen LogP contribution in [0.4, 0.5) is 5.69 Å². The van der Waals surface area contributed by atoms with Crippen molar-refractivity contribution in [2.75, 3.05) is 12.4 Å². The number of nitrogens with zero attached hydrogens (tertiary/aromatic N) is 2. The minimum atomic E-state index is -0.513. The van der Waals surface area contributed by atoms with Gasteiger partial charge in [-0.3, -0.25) is 4.79 Å². The topological polar surface area (TPSA) is 84.2 Å². The van der Waals surface area contributed by atoms with E-state index in [1.54, 1.807) is 7.11 Å². The molecule has 0 bridgehead atoms. The summed E-state index contributed by atoms with van der Waals surface area (Å²) in [6, 6.07) is 37.2. The first-order valence-electron chi connectivity index (χ1n) is 13.9. The zero-order chi connectivity index (χ0) is 30.2. The monoisotopic (exact) mass is 585 g/mol. The molecule has 0 radical (unpaired) electrons. The van der Waals surface area contributed by atoms with Gasteiger partial charge in [-0.2, -0.15) is 5.26 Å². The number of rotatable bonds is 10. The van der Waals surface area contributed by atoms with Crippen molar-refractivity contribution in [2.24, 2.45) is 0 Å². The fourth-order valence-electron chi connectivity index (χ4n) is 4.56. The molecule has 0 saturated heterocycles. The maximum Gasteiger partial charge on any atom is 0.237 e. The average molecular weight is 586 g/mol. The average Bonchev–Trinajstić information content (AvgIpc) is 3.05. The summed E-state index contributed by atoms with van der Waals surface area (Å²) in [5, 5.41) is 13.3. The second-order valence-electron chi connectivity index (χ2n) is 9.92. The Bertz CT molecular complexity index is 1770. The van der Waals surface area contributed by atoms with Crippen molar-refractivity contribution in [2.45, 2.75) is 30.7 Å². The van der Waals surface area contributed by atoms with Gasteiger partial charge in [0.1, 0.15) is 17.7 Å². The molecule has 1 amide bonds. The zero-order valence-electron chi connectivity index (χ0n) is 24.2. The molecule has 4 aromatic carbocycles. The molecule has 1 atom stereocenters. The van der Waals surface area contributed by atoms with Crippen LogP contribution in [0.15, 0.2) is 114 Å². The molecule has 0 unspecified atom stereocenters. The van der Waals surface area contributed by atoms with Crippen LogP contribution in [0.25, 0.3) is 22.4 Å². The standard InChI is InChI=1S/C36H31N3O3S/c1-24-12-10-11-17-31(24)38-35(40)25(2)43-36-30(22-37)29(21-32(39-36)27-15-8-5-9-16-27)28-18-19-33(34(20-28)41-3)42-23-26-13-6-4-7-14-26/h4-21,25H,23H2,1-3H3,(H,38,40)/t25-/m0/s1. The maximum atomic E-state index is 13.2. The number of nitriles is 1. The van der Waals surface area contributed by atoms with Crippen LogP contribution in [0, 0.1) is 18.3 Å². The van der Waals surface area contributed by atoms with Crippen molar-refractivity contribution in [1.82, 2.24) is 4.98 Å². The number of amides is 1. The van der Waals surface area contributed by atoms with E-state index in [0.717, 1.165) is 27.9 Å². The van der Waals surface area contributed by atoms with Gasteiger partial charge in [-0.15, -0.1) is 0 Å². The minimum absolute atomic E-state index is 0.168. The number of para-hydroxylation sites is 1. The molecule has 43 heavy (non-hydrogen) atoms. The summed E-state index contributed by atoms with van der Waals surface area (Å²) in [5.41, 5.74) is 6.24. The molecule has 0 fully saturated rings. The van der Waals surface area contributed by atoms with E-state index >= 15 is 0 Å². The van der Waals surface area contributed by atoms with E-state index in [4.69, 9.17) is 14.5 Å². The molecule has 1 heterocycles. The molecule has 5 aromatic rings. The quantitative estimate of drug-likeness (QED) is 0.166. The Morgan fingerprint density at radius 2 is 1.60 bits per heavy atom. The van der Waals surface area contributed by atoms with Crippen LogP contribution in [0.5, 0.6) is 11.5 Å². The summed E-state index contributed by atoms with van der Waals surface area (Å²) >= 11 is 1.26. The van der Waals surface area contributed by atoms with Crippen LogP contribution in [0.2, 0.25) is 0 Å². The van der Waals surface area contributed by atoms with E-state index in [-0.39, 0.29) is 5.91 Å². The van der Waals surface area contributed by atoms with Crippen LogP contribution in [0.1, 0.15) is 23.6 Å². The predicted molar refractivity (Wildman–Crippen MR) is 172 cm³/mol. The van der Waals surface area contributed by atoms with E-state index in [2.05, 4.69) is 11.4 Å². The first-order chi connectivity index (χ1) is 21.0. The Hall–Kier alpha value is -5.06.